The number of carbonyl (C=O) groups is 2. The Morgan fingerprint density at radius 3 is 1.69 bits per heavy atom. The maximum absolute atomic E-state index is 12.8. The smallest absolute Gasteiger partial charge is 0.462 e. The molecule has 0 aromatic rings. The average molecular weight is 933 g/mol. The number of phosphoric ester groups is 1. The number of allylic oxidation sites excluding steroid dienone is 8. The Bertz CT molecular complexity index is 1400. The number of esters is 2. The summed E-state index contributed by atoms with van der Waals surface area (Å²) in [5.41, 5.74) is 0. The highest BCUT2D eigenvalue weighted by atomic mass is 31.2. The van der Waals surface area contributed by atoms with Crippen molar-refractivity contribution in [2.75, 3.05) is 13.2 Å². The van der Waals surface area contributed by atoms with Gasteiger partial charge in [-0.15, -0.1) is 0 Å². The first-order valence-electron chi connectivity index (χ1n) is 23.4. The highest BCUT2D eigenvalue weighted by Crippen LogP contribution is 2.47. The molecule has 16 nitrogen and oxygen atoms in total. The Balaban J connectivity index is 2.63. The quantitative estimate of drug-likeness (QED) is 0.0116. The minimum absolute atomic E-state index is 0.000167. The highest BCUT2D eigenvalue weighted by molar-refractivity contribution is 7.47. The van der Waals surface area contributed by atoms with Crippen molar-refractivity contribution in [2.24, 2.45) is 0 Å². The van der Waals surface area contributed by atoms with Crippen LogP contribution in [0.4, 0.5) is 0 Å². The van der Waals surface area contributed by atoms with Gasteiger partial charge in [0.15, 0.2) is 6.10 Å². The van der Waals surface area contributed by atoms with Crippen LogP contribution in [0.3, 0.4) is 0 Å². The Morgan fingerprint density at radius 2 is 1.08 bits per heavy atom. The van der Waals surface area contributed by atoms with Crippen molar-refractivity contribution in [2.45, 2.75) is 210 Å². The predicted molar refractivity (Wildman–Crippen MR) is 244 cm³/mol. The molecule has 1 saturated carbocycles. The molecular weight excluding hydrogens is 851 g/mol. The van der Waals surface area contributed by atoms with Crippen molar-refractivity contribution >= 4 is 19.8 Å². The molecule has 1 aliphatic carbocycles. The van der Waals surface area contributed by atoms with Crippen LogP contribution in [-0.4, -0.2) is 132 Å². The lowest BCUT2D eigenvalue weighted by Crippen LogP contribution is -2.64. The summed E-state index contributed by atoms with van der Waals surface area (Å²) in [7, 11) is -5.22. The summed E-state index contributed by atoms with van der Waals surface area (Å²) in [5.74, 6) is -1.44. The fourth-order valence-electron chi connectivity index (χ4n) is 6.72. The van der Waals surface area contributed by atoms with E-state index >= 15 is 0 Å². The zero-order valence-corrected chi connectivity index (χ0v) is 39.0. The van der Waals surface area contributed by atoms with Gasteiger partial charge in [-0.25, -0.2) is 4.57 Å². The van der Waals surface area contributed by atoms with Crippen molar-refractivity contribution in [1.82, 2.24) is 0 Å². The molecule has 0 spiro atoms. The van der Waals surface area contributed by atoms with Crippen LogP contribution in [0.1, 0.15) is 149 Å². The zero-order valence-electron chi connectivity index (χ0n) is 38.1. The Labute approximate surface area is 381 Å². The van der Waals surface area contributed by atoms with Crippen LogP contribution in [0.2, 0.25) is 0 Å². The predicted octanol–water partition coefficient (Wildman–Crippen LogP) is 5.86. The molecule has 1 rings (SSSR count). The van der Waals surface area contributed by atoms with E-state index in [0.29, 0.717) is 12.8 Å². The molecule has 9 unspecified atom stereocenters. The highest BCUT2D eigenvalue weighted by Gasteiger charge is 2.51. The Hall–Kier alpha value is -2.57. The normalized spacial score (nSPS) is 23.6. The molecular formula is C47H81O16P. The summed E-state index contributed by atoms with van der Waals surface area (Å²) >= 11 is 0. The first-order chi connectivity index (χ1) is 30.6. The van der Waals surface area contributed by atoms with E-state index in [1.54, 1.807) is 42.5 Å². The second-order valence-electron chi connectivity index (χ2n) is 16.5. The van der Waals surface area contributed by atoms with Crippen LogP contribution >= 0.6 is 7.82 Å². The maximum Gasteiger partial charge on any atom is 0.472 e. The topological polar surface area (TPSA) is 270 Å². The molecule has 9 atom stereocenters. The van der Waals surface area contributed by atoms with Crippen molar-refractivity contribution in [3.05, 3.63) is 60.8 Å². The molecule has 0 aromatic heterocycles. The fourth-order valence-corrected chi connectivity index (χ4v) is 7.70. The summed E-state index contributed by atoms with van der Waals surface area (Å²) in [6, 6.07) is 0. The number of aliphatic hydroxyl groups excluding tert-OH is 8. The monoisotopic (exact) mass is 933 g/mol. The summed E-state index contributed by atoms with van der Waals surface area (Å²) in [6.07, 6.45) is 19.0. The molecule has 0 radical (unpaired) electrons. The van der Waals surface area contributed by atoms with Gasteiger partial charge in [0.05, 0.1) is 24.9 Å². The lowest BCUT2D eigenvalue weighted by atomic mass is 9.85. The summed E-state index contributed by atoms with van der Waals surface area (Å²) in [6.45, 7) is 2.89. The molecule has 17 heteroatoms. The third kappa shape index (κ3) is 28.5. The molecule has 64 heavy (non-hydrogen) atoms. The fraction of sp³-hybridized carbons (Fsp3) is 0.745. The molecule has 1 aliphatic rings. The standard InChI is InChI=1S/C47H81O16P/c1-3-5-7-8-9-10-11-12-13-14-15-16-17-22-26-32-40(51)60-34-37(35-61-64(58,59)63-47-45(56)43(54)42(53)44(55)46(47)57)62-41(52)33-27-31-39(50)38(49)30-25-21-19-18-20-24-29-36(48)28-23-6-4-2/h12-13,18-21,24-25,29-30,36-39,42-50,53-57H,3-11,14-17,22-23,26-28,31-35H2,1-2H3,(H,58,59)/b13-12-,20-18+,21-19-,29-24-,30-25-. The number of hydrogen-bond donors (Lipinski definition) is 9. The van der Waals surface area contributed by atoms with E-state index in [-0.39, 0.29) is 25.7 Å². The van der Waals surface area contributed by atoms with Crippen LogP contribution in [0, 0.1) is 0 Å². The summed E-state index contributed by atoms with van der Waals surface area (Å²) < 4.78 is 33.3. The molecule has 0 amide bonds. The largest absolute Gasteiger partial charge is 0.472 e. The van der Waals surface area contributed by atoms with Gasteiger partial charge in [-0.1, -0.05) is 145 Å². The Morgan fingerprint density at radius 1 is 0.578 bits per heavy atom. The van der Waals surface area contributed by atoms with E-state index in [9.17, 15) is 59.9 Å². The van der Waals surface area contributed by atoms with Gasteiger partial charge >= 0.3 is 19.8 Å². The maximum atomic E-state index is 12.8. The molecule has 0 aromatic carbocycles. The van der Waals surface area contributed by atoms with Crippen LogP contribution in [0.5, 0.6) is 0 Å². The van der Waals surface area contributed by atoms with Gasteiger partial charge in [0, 0.05) is 12.8 Å². The lowest BCUT2D eigenvalue weighted by molar-refractivity contribution is -0.220. The lowest BCUT2D eigenvalue weighted by Gasteiger charge is -2.41. The van der Waals surface area contributed by atoms with Crippen molar-refractivity contribution in [1.29, 1.82) is 0 Å². The van der Waals surface area contributed by atoms with E-state index in [4.69, 9.17) is 18.5 Å². The number of aliphatic hydroxyl groups is 8. The molecule has 1 fully saturated rings. The molecule has 9 N–H and O–H groups in total. The number of unbranched alkanes of at least 4 members (excludes halogenated alkanes) is 13. The van der Waals surface area contributed by atoms with Crippen LogP contribution in [0.15, 0.2) is 60.8 Å². The van der Waals surface area contributed by atoms with Crippen LogP contribution in [-0.2, 0) is 32.7 Å². The Kier molecular flexibility index (Phi) is 33.9. The SMILES string of the molecule is CCCCCCCC/C=C\CCCCCCCC(=O)OCC(COP(=O)(O)OC1C(O)C(O)C(O)C(O)C1O)OC(=O)CCCC(O)C(O)\C=C/C=C\C=C\C=C/C(O)CCCCC. The van der Waals surface area contributed by atoms with Crippen molar-refractivity contribution < 1.29 is 78.4 Å². The van der Waals surface area contributed by atoms with Gasteiger partial charge in [-0.2, -0.15) is 0 Å². The van der Waals surface area contributed by atoms with Gasteiger partial charge in [0.25, 0.3) is 0 Å². The first kappa shape index (κ1) is 59.4. The zero-order chi connectivity index (χ0) is 47.6. The minimum atomic E-state index is -5.22. The molecule has 0 aliphatic heterocycles. The van der Waals surface area contributed by atoms with E-state index in [1.807, 2.05) is 0 Å². The van der Waals surface area contributed by atoms with Crippen LogP contribution in [0.25, 0.3) is 0 Å². The van der Waals surface area contributed by atoms with E-state index in [0.717, 1.165) is 57.8 Å². The number of hydrogen-bond acceptors (Lipinski definition) is 15. The third-order valence-electron chi connectivity index (χ3n) is 10.7. The molecule has 0 bridgehead atoms. The van der Waals surface area contributed by atoms with Gasteiger partial charge in [0.1, 0.15) is 43.2 Å². The van der Waals surface area contributed by atoms with E-state index < -0.39 is 94.0 Å². The second-order valence-corrected chi connectivity index (χ2v) is 17.9. The minimum Gasteiger partial charge on any atom is -0.462 e. The third-order valence-corrected chi connectivity index (χ3v) is 11.7. The molecule has 0 saturated heterocycles. The number of rotatable bonds is 37. The average Bonchev–Trinajstić information content (AvgIpc) is 3.26. The summed E-state index contributed by atoms with van der Waals surface area (Å²) in [5, 5.41) is 80.8. The summed E-state index contributed by atoms with van der Waals surface area (Å²) in [4.78, 5) is 35.7. The molecule has 0 heterocycles. The van der Waals surface area contributed by atoms with Gasteiger partial charge in [-0.05, 0) is 51.4 Å². The van der Waals surface area contributed by atoms with Gasteiger partial charge in [-0.3, -0.25) is 18.6 Å². The van der Waals surface area contributed by atoms with Gasteiger partial charge < -0.3 is 55.2 Å². The van der Waals surface area contributed by atoms with E-state index in [1.165, 1.54) is 44.6 Å². The first-order valence-corrected chi connectivity index (χ1v) is 24.9. The van der Waals surface area contributed by atoms with Crippen molar-refractivity contribution in [3.63, 3.8) is 0 Å². The number of ether oxygens (including phenoxy) is 2. The number of phosphoric acid groups is 1. The van der Waals surface area contributed by atoms with Gasteiger partial charge in [0.2, 0.25) is 0 Å². The molecule has 370 valence electrons. The second kappa shape index (κ2) is 36.5. The van der Waals surface area contributed by atoms with Crippen LogP contribution < -0.4 is 0 Å². The van der Waals surface area contributed by atoms with E-state index in [2.05, 4.69) is 26.0 Å². The van der Waals surface area contributed by atoms with Crippen molar-refractivity contribution in [3.8, 4) is 0 Å². The number of carbonyl (C=O) groups excluding carboxylic acids is 2.